The van der Waals surface area contributed by atoms with Crippen LogP contribution >= 0.6 is 0 Å². The van der Waals surface area contributed by atoms with Crippen LogP contribution in [0.3, 0.4) is 0 Å². The molecule has 0 aromatic heterocycles. The Bertz CT molecular complexity index is 222. The Labute approximate surface area is 61.6 Å². The molecule has 0 aromatic carbocycles. The van der Waals surface area contributed by atoms with Crippen molar-refractivity contribution in [3.63, 3.8) is 0 Å². The van der Waals surface area contributed by atoms with Gasteiger partial charge >= 0.3 is 0 Å². The summed E-state index contributed by atoms with van der Waals surface area (Å²) in [6.45, 7) is 2.56. The van der Waals surface area contributed by atoms with Crippen molar-refractivity contribution in [3.05, 3.63) is 0 Å². The van der Waals surface area contributed by atoms with Crippen molar-refractivity contribution in [2.45, 2.75) is 13.0 Å². The minimum Gasteiger partial charge on any atom is -0.195 e. The van der Waals surface area contributed by atoms with Crippen molar-refractivity contribution in [1.82, 2.24) is 8.61 Å². The van der Waals surface area contributed by atoms with Crippen molar-refractivity contribution in [2.75, 3.05) is 20.6 Å². The van der Waals surface area contributed by atoms with E-state index >= 15 is 0 Å². The fourth-order valence-corrected chi connectivity index (χ4v) is 2.02. The van der Waals surface area contributed by atoms with Crippen LogP contribution in [-0.4, -0.2) is 43.7 Å². The summed E-state index contributed by atoms with van der Waals surface area (Å²) in [7, 11) is -0.00215. The highest BCUT2D eigenvalue weighted by molar-refractivity contribution is 7.87. The van der Waals surface area contributed by atoms with Crippen molar-refractivity contribution < 1.29 is 8.42 Å². The van der Waals surface area contributed by atoms with Crippen LogP contribution < -0.4 is 0 Å². The zero-order chi connectivity index (χ0) is 7.94. The second-order valence-corrected chi connectivity index (χ2v) is 4.80. The zero-order valence-electron chi connectivity index (χ0n) is 6.40. The third kappa shape index (κ3) is 1.16. The third-order valence-electron chi connectivity index (χ3n) is 1.56. The standard InChI is InChI=1S/C5H12N2O2S/c1-5-4-7(5)10(8,9)6(2)3/h5H,4H2,1-3H3/t5-,7?/m0/s1. The van der Waals surface area contributed by atoms with Gasteiger partial charge < -0.3 is 0 Å². The van der Waals surface area contributed by atoms with Crippen molar-refractivity contribution >= 4 is 10.2 Å². The Kier molecular flexibility index (Phi) is 1.74. The average Bonchev–Trinajstić information content (AvgIpc) is 2.46. The molecule has 1 fully saturated rings. The third-order valence-corrected chi connectivity index (χ3v) is 3.58. The molecule has 0 amide bonds. The van der Waals surface area contributed by atoms with Crippen LogP contribution in [0.25, 0.3) is 0 Å². The first kappa shape index (κ1) is 7.97. The van der Waals surface area contributed by atoms with Crippen LogP contribution in [-0.2, 0) is 10.2 Å². The van der Waals surface area contributed by atoms with Gasteiger partial charge in [0.2, 0.25) is 0 Å². The molecular weight excluding hydrogens is 152 g/mol. The second-order valence-electron chi connectivity index (χ2n) is 2.71. The summed E-state index contributed by atoms with van der Waals surface area (Å²) in [5.74, 6) is 0. The quantitative estimate of drug-likeness (QED) is 0.516. The fraction of sp³-hybridized carbons (Fsp3) is 1.00. The molecule has 1 aliphatic heterocycles. The van der Waals surface area contributed by atoms with Gasteiger partial charge in [0, 0.05) is 26.7 Å². The smallest absolute Gasteiger partial charge is 0.195 e. The Morgan fingerprint density at radius 2 is 1.90 bits per heavy atom. The van der Waals surface area contributed by atoms with Crippen molar-refractivity contribution in [1.29, 1.82) is 0 Å². The number of nitrogens with zero attached hydrogens (tertiary/aromatic N) is 2. The molecule has 5 heteroatoms. The number of rotatable bonds is 2. The summed E-state index contributed by atoms with van der Waals surface area (Å²) in [4.78, 5) is 0. The lowest BCUT2D eigenvalue weighted by Crippen LogP contribution is -2.29. The van der Waals surface area contributed by atoms with E-state index in [-0.39, 0.29) is 6.04 Å². The van der Waals surface area contributed by atoms with E-state index in [4.69, 9.17) is 0 Å². The van der Waals surface area contributed by atoms with Gasteiger partial charge in [-0.05, 0) is 6.92 Å². The topological polar surface area (TPSA) is 40.4 Å². The first-order chi connectivity index (χ1) is 4.46. The molecule has 1 unspecified atom stereocenters. The highest BCUT2D eigenvalue weighted by atomic mass is 32.2. The number of hydrogen-bond donors (Lipinski definition) is 0. The van der Waals surface area contributed by atoms with Gasteiger partial charge in [-0.1, -0.05) is 0 Å². The molecule has 1 heterocycles. The summed E-state index contributed by atoms with van der Waals surface area (Å²) in [5, 5.41) is 0. The van der Waals surface area contributed by atoms with Gasteiger partial charge in [-0.3, -0.25) is 0 Å². The molecular formula is C5H12N2O2S. The zero-order valence-corrected chi connectivity index (χ0v) is 7.22. The lowest BCUT2D eigenvalue weighted by atomic mass is 10.6. The monoisotopic (exact) mass is 164 g/mol. The van der Waals surface area contributed by atoms with Gasteiger partial charge in [-0.25, -0.2) is 0 Å². The largest absolute Gasteiger partial charge is 0.281 e. The lowest BCUT2D eigenvalue weighted by molar-refractivity contribution is 0.480. The van der Waals surface area contributed by atoms with E-state index in [2.05, 4.69) is 0 Å². The lowest BCUT2D eigenvalue weighted by Gasteiger charge is -2.10. The van der Waals surface area contributed by atoms with Crippen LogP contribution in [0.4, 0.5) is 0 Å². The van der Waals surface area contributed by atoms with Gasteiger partial charge in [0.25, 0.3) is 10.2 Å². The highest BCUT2D eigenvalue weighted by Gasteiger charge is 2.41. The summed E-state index contributed by atoms with van der Waals surface area (Å²) >= 11 is 0. The Hall–Kier alpha value is -0.130. The Morgan fingerprint density at radius 1 is 1.50 bits per heavy atom. The van der Waals surface area contributed by atoms with E-state index in [0.717, 1.165) is 0 Å². The summed E-state index contributed by atoms with van der Waals surface area (Å²) < 4.78 is 25.0. The van der Waals surface area contributed by atoms with E-state index in [1.165, 1.54) is 8.61 Å². The molecule has 0 spiro atoms. The maximum Gasteiger partial charge on any atom is 0.281 e. The van der Waals surface area contributed by atoms with Crippen molar-refractivity contribution in [3.8, 4) is 0 Å². The van der Waals surface area contributed by atoms with Crippen molar-refractivity contribution in [2.24, 2.45) is 0 Å². The fourth-order valence-electron chi connectivity index (χ4n) is 0.745. The molecule has 4 nitrogen and oxygen atoms in total. The van der Waals surface area contributed by atoms with Crippen LogP contribution in [0.2, 0.25) is 0 Å². The van der Waals surface area contributed by atoms with E-state index in [1.807, 2.05) is 6.92 Å². The minimum absolute atomic E-state index is 0.201. The van der Waals surface area contributed by atoms with Gasteiger partial charge in [0.05, 0.1) is 0 Å². The molecule has 0 bridgehead atoms. The summed E-state index contributed by atoms with van der Waals surface area (Å²) in [5.41, 5.74) is 0. The van der Waals surface area contributed by atoms with E-state index in [1.54, 1.807) is 14.1 Å². The molecule has 0 saturated carbocycles. The van der Waals surface area contributed by atoms with E-state index in [9.17, 15) is 8.42 Å². The predicted molar refractivity (Wildman–Crippen MR) is 38.8 cm³/mol. The van der Waals surface area contributed by atoms with Gasteiger partial charge in [0.1, 0.15) is 0 Å². The molecule has 1 rings (SSSR count). The van der Waals surface area contributed by atoms with Gasteiger partial charge in [-0.2, -0.15) is 17.0 Å². The summed E-state index contributed by atoms with van der Waals surface area (Å²) in [6.07, 6.45) is 0. The highest BCUT2D eigenvalue weighted by Crippen LogP contribution is 2.22. The molecule has 1 saturated heterocycles. The normalized spacial score (nSPS) is 32.8. The minimum atomic E-state index is -3.09. The molecule has 1 aliphatic rings. The molecule has 10 heavy (non-hydrogen) atoms. The molecule has 0 N–H and O–H groups in total. The number of hydrogen-bond acceptors (Lipinski definition) is 2. The molecule has 0 aliphatic carbocycles. The van der Waals surface area contributed by atoms with Crippen LogP contribution in [0.15, 0.2) is 0 Å². The average molecular weight is 164 g/mol. The molecule has 0 aromatic rings. The van der Waals surface area contributed by atoms with Gasteiger partial charge in [0.15, 0.2) is 0 Å². The summed E-state index contributed by atoms with van der Waals surface area (Å²) in [6, 6.07) is 0.201. The first-order valence-corrected chi connectivity index (χ1v) is 4.55. The second kappa shape index (κ2) is 2.18. The molecule has 2 atom stereocenters. The predicted octanol–water partition coefficient (Wildman–Crippen LogP) is -0.503. The Balaban J connectivity index is 2.72. The maximum absolute atomic E-state index is 11.2. The molecule has 0 radical (unpaired) electrons. The van der Waals surface area contributed by atoms with Crippen LogP contribution in [0.5, 0.6) is 0 Å². The van der Waals surface area contributed by atoms with Crippen LogP contribution in [0.1, 0.15) is 6.92 Å². The molecule has 60 valence electrons. The first-order valence-electron chi connectivity index (χ1n) is 3.15. The maximum atomic E-state index is 11.2. The van der Waals surface area contributed by atoms with E-state index in [0.29, 0.717) is 6.54 Å². The SMILES string of the molecule is C[C@H]1CN1S(=O)(=O)N(C)C. The van der Waals surface area contributed by atoms with Crippen LogP contribution in [0, 0.1) is 0 Å². The van der Waals surface area contributed by atoms with E-state index < -0.39 is 10.2 Å². The Morgan fingerprint density at radius 3 is 2.00 bits per heavy atom. The van der Waals surface area contributed by atoms with Gasteiger partial charge in [-0.15, -0.1) is 0 Å².